The fourth-order valence-electron chi connectivity index (χ4n) is 2.37. The van der Waals surface area contributed by atoms with Crippen molar-refractivity contribution >= 4 is 0 Å². The van der Waals surface area contributed by atoms with E-state index in [1.807, 2.05) is 6.20 Å². The molecular weight excluding hydrogens is 200 g/mol. The third kappa shape index (κ3) is 1.95. The second-order valence-electron chi connectivity index (χ2n) is 4.75. The second-order valence-corrected chi connectivity index (χ2v) is 4.75. The first-order chi connectivity index (χ1) is 7.86. The molecule has 0 saturated heterocycles. The molecule has 1 aliphatic carbocycles. The van der Waals surface area contributed by atoms with Crippen molar-refractivity contribution in [1.82, 2.24) is 14.9 Å². The Morgan fingerprint density at radius 1 is 1.44 bits per heavy atom. The Balaban J connectivity index is 1.80. The summed E-state index contributed by atoms with van der Waals surface area (Å²) in [6.45, 7) is 2.82. The number of rotatable bonds is 3. The summed E-state index contributed by atoms with van der Waals surface area (Å²) >= 11 is 0. The van der Waals surface area contributed by atoms with Crippen LogP contribution in [0.2, 0.25) is 0 Å². The lowest BCUT2D eigenvalue weighted by atomic mass is 10.1. The third-order valence-electron chi connectivity index (χ3n) is 3.46. The van der Waals surface area contributed by atoms with Gasteiger partial charge in [-0.3, -0.25) is 4.90 Å². The lowest BCUT2D eigenvalue weighted by molar-refractivity contribution is 0.239. The van der Waals surface area contributed by atoms with Gasteiger partial charge in [0.1, 0.15) is 5.82 Å². The number of aromatic nitrogens is 2. The van der Waals surface area contributed by atoms with Crippen LogP contribution in [0.3, 0.4) is 0 Å². The quantitative estimate of drug-likeness (QED) is 0.802. The summed E-state index contributed by atoms with van der Waals surface area (Å²) in [5.41, 5.74) is 8.10. The zero-order valence-electron chi connectivity index (χ0n) is 9.52. The van der Waals surface area contributed by atoms with Gasteiger partial charge in [-0.2, -0.15) is 0 Å². The van der Waals surface area contributed by atoms with Crippen molar-refractivity contribution in [2.45, 2.75) is 38.3 Å². The fraction of sp³-hybridized carbons (Fsp3) is 0.667. The Kier molecular flexibility index (Phi) is 2.61. The van der Waals surface area contributed by atoms with Crippen LogP contribution < -0.4 is 5.73 Å². The molecule has 0 atom stereocenters. The highest BCUT2D eigenvalue weighted by molar-refractivity contribution is 5.21. The van der Waals surface area contributed by atoms with Gasteiger partial charge in [0.15, 0.2) is 0 Å². The Morgan fingerprint density at radius 3 is 3.06 bits per heavy atom. The average molecular weight is 218 g/mol. The molecule has 1 aliphatic heterocycles. The van der Waals surface area contributed by atoms with Crippen LogP contribution in [0.4, 0.5) is 0 Å². The molecular formula is C12H18N4. The van der Waals surface area contributed by atoms with E-state index in [4.69, 9.17) is 5.73 Å². The summed E-state index contributed by atoms with van der Waals surface area (Å²) < 4.78 is 0. The molecule has 2 N–H and O–H groups in total. The first kappa shape index (κ1) is 10.2. The smallest absolute Gasteiger partial charge is 0.129 e. The van der Waals surface area contributed by atoms with Crippen molar-refractivity contribution in [3.8, 4) is 0 Å². The summed E-state index contributed by atoms with van der Waals surface area (Å²) in [5.74, 6) is 0.902. The van der Waals surface area contributed by atoms with Gasteiger partial charge in [0.05, 0.1) is 5.69 Å². The Bertz CT molecular complexity index is 387. The van der Waals surface area contributed by atoms with E-state index < -0.39 is 0 Å². The van der Waals surface area contributed by atoms with Gasteiger partial charge in [-0.25, -0.2) is 9.97 Å². The summed E-state index contributed by atoms with van der Waals surface area (Å²) in [6.07, 6.45) is 6.63. The average Bonchev–Trinajstić information content (AvgIpc) is 3.12. The Hall–Kier alpha value is -1.00. The van der Waals surface area contributed by atoms with Gasteiger partial charge in [0.2, 0.25) is 0 Å². The molecule has 2 heterocycles. The van der Waals surface area contributed by atoms with E-state index in [1.54, 1.807) is 0 Å². The van der Waals surface area contributed by atoms with E-state index in [2.05, 4.69) is 14.9 Å². The first-order valence-electron chi connectivity index (χ1n) is 6.14. The predicted octanol–water partition coefficient (Wildman–Crippen LogP) is 0.498. The molecule has 1 aromatic heterocycles. The maximum absolute atomic E-state index is 5.53. The molecule has 1 fully saturated rings. The lowest BCUT2D eigenvalue weighted by Gasteiger charge is -2.27. The molecule has 1 aromatic rings. The molecule has 0 spiro atoms. The van der Waals surface area contributed by atoms with Gasteiger partial charge < -0.3 is 5.73 Å². The fourth-order valence-corrected chi connectivity index (χ4v) is 2.37. The molecule has 0 aromatic carbocycles. The zero-order valence-corrected chi connectivity index (χ0v) is 9.52. The van der Waals surface area contributed by atoms with Crippen LogP contribution in [-0.2, 0) is 19.4 Å². The maximum Gasteiger partial charge on any atom is 0.129 e. The third-order valence-corrected chi connectivity index (χ3v) is 3.46. The van der Waals surface area contributed by atoms with Crippen molar-refractivity contribution in [3.05, 3.63) is 23.3 Å². The number of nitrogens with zero attached hydrogens (tertiary/aromatic N) is 3. The summed E-state index contributed by atoms with van der Waals surface area (Å²) in [6, 6.07) is 0.834. The topological polar surface area (TPSA) is 55.0 Å². The number of nitrogens with two attached hydrogens (primary N) is 1. The first-order valence-corrected chi connectivity index (χ1v) is 6.14. The summed E-state index contributed by atoms with van der Waals surface area (Å²) in [4.78, 5) is 11.5. The van der Waals surface area contributed by atoms with Crippen molar-refractivity contribution in [2.75, 3.05) is 13.1 Å². The highest BCUT2D eigenvalue weighted by atomic mass is 15.2. The standard InChI is InChI=1S/C12H18N4/c13-5-3-12-14-7-9-4-6-16(10-1-2-10)8-11(9)15-12/h7,10H,1-6,8,13H2. The molecule has 2 aliphatic rings. The number of hydrogen-bond donors (Lipinski definition) is 1. The molecule has 0 bridgehead atoms. The number of fused-ring (bicyclic) bond motifs is 1. The van der Waals surface area contributed by atoms with Crippen LogP contribution in [0.1, 0.15) is 29.9 Å². The molecule has 0 amide bonds. The van der Waals surface area contributed by atoms with E-state index in [0.717, 1.165) is 31.3 Å². The highest BCUT2D eigenvalue weighted by Gasteiger charge is 2.31. The molecule has 16 heavy (non-hydrogen) atoms. The van der Waals surface area contributed by atoms with Crippen LogP contribution in [0.25, 0.3) is 0 Å². The minimum atomic E-state index is 0.630. The van der Waals surface area contributed by atoms with Crippen molar-refractivity contribution in [1.29, 1.82) is 0 Å². The summed E-state index contributed by atoms with van der Waals surface area (Å²) in [7, 11) is 0. The van der Waals surface area contributed by atoms with Crippen LogP contribution in [-0.4, -0.2) is 34.0 Å². The van der Waals surface area contributed by atoms with Crippen LogP contribution >= 0.6 is 0 Å². The van der Waals surface area contributed by atoms with E-state index in [1.165, 1.54) is 30.6 Å². The Labute approximate surface area is 95.9 Å². The summed E-state index contributed by atoms with van der Waals surface area (Å²) in [5, 5.41) is 0. The second kappa shape index (κ2) is 4.11. The van der Waals surface area contributed by atoms with Gasteiger partial charge in [-0.1, -0.05) is 0 Å². The molecule has 0 radical (unpaired) electrons. The minimum absolute atomic E-state index is 0.630. The van der Waals surface area contributed by atoms with Gasteiger partial charge in [0, 0.05) is 31.7 Å². The number of hydrogen-bond acceptors (Lipinski definition) is 4. The predicted molar refractivity (Wildman–Crippen MR) is 61.9 cm³/mol. The van der Waals surface area contributed by atoms with E-state index in [0.29, 0.717) is 6.54 Å². The molecule has 4 heteroatoms. The van der Waals surface area contributed by atoms with Gasteiger partial charge in [-0.15, -0.1) is 0 Å². The van der Waals surface area contributed by atoms with Crippen LogP contribution in [0.5, 0.6) is 0 Å². The maximum atomic E-state index is 5.53. The van der Waals surface area contributed by atoms with Crippen molar-refractivity contribution in [3.63, 3.8) is 0 Å². The van der Waals surface area contributed by atoms with E-state index in [9.17, 15) is 0 Å². The largest absolute Gasteiger partial charge is 0.330 e. The molecule has 3 rings (SSSR count). The molecule has 0 unspecified atom stereocenters. The molecule has 4 nitrogen and oxygen atoms in total. The van der Waals surface area contributed by atoms with Crippen molar-refractivity contribution in [2.24, 2.45) is 5.73 Å². The Morgan fingerprint density at radius 2 is 2.31 bits per heavy atom. The van der Waals surface area contributed by atoms with E-state index >= 15 is 0 Å². The molecule has 86 valence electrons. The van der Waals surface area contributed by atoms with Crippen LogP contribution in [0.15, 0.2) is 6.20 Å². The van der Waals surface area contributed by atoms with E-state index in [-0.39, 0.29) is 0 Å². The SMILES string of the molecule is NCCc1ncc2c(n1)CN(C1CC1)CC2. The lowest BCUT2D eigenvalue weighted by Crippen LogP contribution is -2.33. The highest BCUT2D eigenvalue weighted by Crippen LogP contribution is 2.30. The van der Waals surface area contributed by atoms with Crippen LogP contribution in [0, 0.1) is 0 Å². The van der Waals surface area contributed by atoms with Gasteiger partial charge >= 0.3 is 0 Å². The van der Waals surface area contributed by atoms with Crippen molar-refractivity contribution < 1.29 is 0 Å². The monoisotopic (exact) mass is 218 g/mol. The minimum Gasteiger partial charge on any atom is -0.330 e. The molecule has 1 saturated carbocycles. The normalized spacial score (nSPS) is 20.8. The van der Waals surface area contributed by atoms with Gasteiger partial charge in [-0.05, 0) is 31.4 Å². The van der Waals surface area contributed by atoms with Gasteiger partial charge in [0.25, 0.3) is 0 Å². The zero-order chi connectivity index (χ0) is 11.0.